The van der Waals surface area contributed by atoms with Crippen LogP contribution in [0.1, 0.15) is 104 Å². The van der Waals surface area contributed by atoms with Crippen LogP contribution in [0.3, 0.4) is 0 Å². The molecule has 4 aliphatic carbocycles. The monoisotopic (exact) mass is 592 g/mol. The van der Waals surface area contributed by atoms with Crippen molar-refractivity contribution in [2.24, 2.45) is 52.1 Å². The Morgan fingerprint density at radius 2 is 1.45 bits per heavy atom. The van der Waals surface area contributed by atoms with E-state index in [1.807, 2.05) is 0 Å². The van der Waals surface area contributed by atoms with Crippen molar-refractivity contribution in [3.63, 3.8) is 0 Å². The van der Waals surface area contributed by atoms with Crippen LogP contribution < -0.4 is 21.7 Å². The lowest BCUT2D eigenvalue weighted by atomic mass is 9.43. The molecule has 8 N–H and O–H groups in total. The zero-order valence-corrected chi connectivity index (χ0v) is 27.0. The molecule has 0 radical (unpaired) electrons. The van der Waals surface area contributed by atoms with Crippen molar-refractivity contribution in [2.45, 2.75) is 123 Å². The van der Waals surface area contributed by atoms with Crippen LogP contribution in [0.5, 0.6) is 0 Å². The second-order valence-electron chi connectivity index (χ2n) is 15.1. The standard InChI is InChI=1S/C34H64N4O4/c1-23(8-11-29(40)38-21-7-20-37-18-5-4-17-36-19-6-16-35)25-9-10-26-30-27(13-15-33(25,26)2)34(3)14-12-24(39)22-28(34)31(41)32(30)42/h23-28,30-32,36-37,39,41-42H,4-22,35H2,1-3H3,(H,38,40)/t23-,24-,25-,26+,27+,28+,30+,31+,32-,33-,34-/m0/s1. The molecule has 0 aromatic heterocycles. The molecule has 0 aromatic carbocycles. The molecule has 4 aliphatic rings. The van der Waals surface area contributed by atoms with E-state index in [2.05, 4.69) is 36.7 Å². The summed E-state index contributed by atoms with van der Waals surface area (Å²) >= 11 is 0. The molecule has 42 heavy (non-hydrogen) atoms. The number of rotatable bonds is 16. The Labute approximate surface area is 255 Å². The number of hydrogen-bond donors (Lipinski definition) is 7. The molecule has 244 valence electrons. The minimum absolute atomic E-state index is 0.00303. The maximum Gasteiger partial charge on any atom is 0.220 e. The van der Waals surface area contributed by atoms with Gasteiger partial charge in [0.05, 0.1) is 18.3 Å². The van der Waals surface area contributed by atoms with E-state index in [-0.39, 0.29) is 34.7 Å². The van der Waals surface area contributed by atoms with Crippen LogP contribution in [0.25, 0.3) is 0 Å². The van der Waals surface area contributed by atoms with Gasteiger partial charge in [0.15, 0.2) is 0 Å². The Kier molecular flexibility index (Phi) is 12.6. The molecule has 1 amide bonds. The first-order chi connectivity index (χ1) is 20.1. The minimum atomic E-state index is -0.738. The van der Waals surface area contributed by atoms with Gasteiger partial charge in [-0.2, -0.15) is 0 Å². The quantitative estimate of drug-likeness (QED) is 0.137. The summed E-state index contributed by atoms with van der Waals surface area (Å²) in [4.78, 5) is 12.6. The molecule has 4 saturated carbocycles. The summed E-state index contributed by atoms with van der Waals surface area (Å²) in [5, 5.41) is 43.1. The number of fused-ring (bicyclic) bond motifs is 5. The highest BCUT2D eigenvalue weighted by Gasteiger charge is 2.65. The van der Waals surface area contributed by atoms with Gasteiger partial charge in [0.2, 0.25) is 5.91 Å². The molecule has 0 spiro atoms. The molecule has 0 unspecified atom stereocenters. The van der Waals surface area contributed by atoms with Crippen LogP contribution in [0, 0.1) is 46.3 Å². The van der Waals surface area contributed by atoms with E-state index in [4.69, 9.17) is 5.73 Å². The Morgan fingerprint density at radius 3 is 2.17 bits per heavy atom. The molecule has 8 nitrogen and oxygen atoms in total. The summed E-state index contributed by atoms with van der Waals surface area (Å²) in [5.74, 6) is 2.16. The number of aliphatic hydroxyl groups is 3. The second kappa shape index (κ2) is 15.5. The Morgan fingerprint density at radius 1 is 0.810 bits per heavy atom. The lowest BCUT2D eigenvalue weighted by molar-refractivity contribution is -0.223. The van der Waals surface area contributed by atoms with Crippen molar-refractivity contribution in [3.05, 3.63) is 0 Å². The highest BCUT2D eigenvalue weighted by atomic mass is 16.3. The predicted octanol–water partition coefficient (Wildman–Crippen LogP) is 3.18. The first-order valence-electron chi connectivity index (χ1n) is 17.6. The molecule has 0 aliphatic heterocycles. The van der Waals surface area contributed by atoms with Crippen LogP contribution in [0.4, 0.5) is 0 Å². The lowest BCUT2D eigenvalue weighted by Crippen LogP contribution is -2.64. The van der Waals surface area contributed by atoms with Gasteiger partial charge in [-0.1, -0.05) is 20.8 Å². The van der Waals surface area contributed by atoms with Crippen molar-refractivity contribution in [3.8, 4) is 0 Å². The van der Waals surface area contributed by atoms with Crippen molar-refractivity contribution in [2.75, 3.05) is 39.3 Å². The van der Waals surface area contributed by atoms with E-state index in [1.54, 1.807) is 0 Å². The Hall–Kier alpha value is -0.770. The molecule has 0 bridgehead atoms. The Balaban J connectivity index is 1.17. The molecule has 4 fully saturated rings. The molecule has 4 rings (SSSR count). The SMILES string of the molecule is C[C@@H](CCC(=O)NCCCNCCCCNCCCN)[C@@H]1CC[C@@H]2[C@H]3[C@H](O)[C@H](O)[C@H]4C[C@@H](O)CC[C@@]4(C)[C@@H]3CC[C@]21C. The van der Waals surface area contributed by atoms with E-state index >= 15 is 0 Å². The summed E-state index contributed by atoms with van der Waals surface area (Å²) in [6.45, 7) is 12.6. The summed E-state index contributed by atoms with van der Waals surface area (Å²) in [5.41, 5.74) is 5.66. The number of nitrogens with two attached hydrogens (primary N) is 1. The van der Waals surface area contributed by atoms with Crippen LogP contribution in [0.15, 0.2) is 0 Å². The third-order valence-corrected chi connectivity index (χ3v) is 12.7. The predicted molar refractivity (Wildman–Crippen MR) is 169 cm³/mol. The fraction of sp³-hybridized carbons (Fsp3) is 0.971. The lowest BCUT2D eigenvalue weighted by Gasteiger charge is -2.63. The molecule has 8 heteroatoms. The van der Waals surface area contributed by atoms with Gasteiger partial charge in [-0.3, -0.25) is 4.79 Å². The van der Waals surface area contributed by atoms with Gasteiger partial charge in [-0.15, -0.1) is 0 Å². The van der Waals surface area contributed by atoms with Gasteiger partial charge in [0.25, 0.3) is 0 Å². The summed E-state index contributed by atoms with van der Waals surface area (Å²) in [7, 11) is 0. The number of aliphatic hydroxyl groups excluding tert-OH is 3. The van der Waals surface area contributed by atoms with Gasteiger partial charge < -0.3 is 37.0 Å². The first kappa shape index (κ1) is 34.1. The highest BCUT2D eigenvalue weighted by Crippen LogP contribution is 2.68. The average molecular weight is 593 g/mol. The van der Waals surface area contributed by atoms with Gasteiger partial charge in [-0.05, 0) is 156 Å². The van der Waals surface area contributed by atoms with Crippen molar-refractivity contribution in [1.82, 2.24) is 16.0 Å². The zero-order valence-electron chi connectivity index (χ0n) is 27.0. The van der Waals surface area contributed by atoms with E-state index < -0.39 is 12.2 Å². The number of hydrogen-bond acceptors (Lipinski definition) is 7. The maximum atomic E-state index is 12.6. The number of carbonyl (C=O) groups excluding carboxylic acids is 1. The van der Waals surface area contributed by atoms with Crippen LogP contribution >= 0.6 is 0 Å². The molecular formula is C34H64N4O4. The fourth-order valence-corrected chi connectivity index (χ4v) is 10.3. The smallest absolute Gasteiger partial charge is 0.220 e. The van der Waals surface area contributed by atoms with Crippen molar-refractivity contribution >= 4 is 5.91 Å². The van der Waals surface area contributed by atoms with E-state index in [1.165, 1.54) is 12.8 Å². The fourth-order valence-electron chi connectivity index (χ4n) is 10.3. The van der Waals surface area contributed by atoms with Gasteiger partial charge in [0, 0.05) is 13.0 Å². The molecule has 11 atom stereocenters. The normalized spacial score (nSPS) is 40.2. The van der Waals surface area contributed by atoms with Gasteiger partial charge in [-0.25, -0.2) is 0 Å². The summed E-state index contributed by atoms with van der Waals surface area (Å²) in [6.07, 6.45) is 11.0. The van der Waals surface area contributed by atoms with Gasteiger partial charge >= 0.3 is 0 Å². The molecular weight excluding hydrogens is 528 g/mol. The first-order valence-corrected chi connectivity index (χ1v) is 17.6. The van der Waals surface area contributed by atoms with E-state index in [9.17, 15) is 20.1 Å². The second-order valence-corrected chi connectivity index (χ2v) is 15.1. The van der Waals surface area contributed by atoms with Crippen LogP contribution in [-0.2, 0) is 4.79 Å². The van der Waals surface area contributed by atoms with Crippen molar-refractivity contribution < 1.29 is 20.1 Å². The third kappa shape index (κ3) is 7.54. The van der Waals surface area contributed by atoms with Gasteiger partial charge in [0.1, 0.15) is 0 Å². The highest BCUT2D eigenvalue weighted by molar-refractivity contribution is 5.75. The largest absolute Gasteiger partial charge is 0.393 e. The average Bonchev–Trinajstić information content (AvgIpc) is 3.33. The number of carbonyl (C=O) groups is 1. The summed E-state index contributed by atoms with van der Waals surface area (Å²) < 4.78 is 0. The molecule has 0 saturated heterocycles. The molecule has 0 aromatic rings. The number of unbranched alkanes of at least 4 members (excludes halogenated alkanes) is 1. The van der Waals surface area contributed by atoms with Crippen molar-refractivity contribution in [1.29, 1.82) is 0 Å². The maximum absolute atomic E-state index is 12.6. The minimum Gasteiger partial charge on any atom is -0.393 e. The van der Waals surface area contributed by atoms with Crippen LogP contribution in [0.2, 0.25) is 0 Å². The zero-order chi connectivity index (χ0) is 30.3. The number of amides is 1. The number of nitrogens with one attached hydrogen (secondary N) is 3. The third-order valence-electron chi connectivity index (χ3n) is 12.7. The molecule has 0 heterocycles. The Bertz CT molecular complexity index is 846. The van der Waals surface area contributed by atoms with Crippen LogP contribution in [-0.4, -0.2) is 78.8 Å². The summed E-state index contributed by atoms with van der Waals surface area (Å²) in [6, 6.07) is 0. The topological polar surface area (TPSA) is 140 Å². The van der Waals surface area contributed by atoms with E-state index in [0.717, 1.165) is 97.1 Å². The van der Waals surface area contributed by atoms with E-state index in [0.29, 0.717) is 36.5 Å².